The number of hydrogen-bond donors (Lipinski definition) is 4. The molecule has 0 saturated carbocycles. The maximum absolute atomic E-state index is 13.7. The molecular weight excluding hydrogens is 992 g/mol. The van der Waals surface area contributed by atoms with Crippen molar-refractivity contribution in [2.24, 2.45) is 5.73 Å². The van der Waals surface area contributed by atoms with Crippen LogP contribution in [-0.2, 0) is 64.1 Å². The topological polar surface area (TPSA) is 180 Å². The van der Waals surface area contributed by atoms with Crippen LogP contribution in [0.15, 0.2) is 131 Å². The van der Waals surface area contributed by atoms with Crippen LogP contribution in [0.25, 0.3) is 0 Å². The third kappa shape index (κ3) is 15.0. The van der Waals surface area contributed by atoms with E-state index in [9.17, 15) is 40.6 Å². The quantitative estimate of drug-likeness (QED) is 0.0779. The van der Waals surface area contributed by atoms with Gasteiger partial charge in [-0.25, -0.2) is 30.4 Å². The van der Waals surface area contributed by atoms with Crippen molar-refractivity contribution in [1.29, 1.82) is 0 Å². The summed E-state index contributed by atoms with van der Waals surface area (Å²) in [5.41, 5.74) is 9.03. The number of sulfonamides is 2. The van der Waals surface area contributed by atoms with Gasteiger partial charge in [-0.3, -0.25) is 0 Å². The molecule has 0 unspecified atom stereocenters. The predicted octanol–water partition coefficient (Wildman–Crippen LogP) is 10.9. The fourth-order valence-corrected chi connectivity index (χ4v) is 10.7. The molecule has 67 heavy (non-hydrogen) atoms. The number of alkyl carbamates (subject to hydrolysis) is 1. The van der Waals surface area contributed by atoms with Crippen LogP contribution in [0.1, 0.15) is 54.2 Å². The number of phenols is 2. The molecule has 0 bridgehead atoms. The number of carbonyl (C=O) groups excluding carboxylic acids is 1. The zero-order chi connectivity index (χ0) is 49.3. The van der Waals surface area contributed by atoms with Gasteiger partial charge >= 0.3 is 6.09 Å². The van der Waals surface area contributed by atoms with Gasteiger partial charge in [-0.15, -0.1) is 0 Å². The summed E-state index contributed by atoms with van der Waals surface area (Å²) in [5.74, 6) is -2.09. The molecule has 0 fully saturated rings. The van der Waals surface area contributed by atoms with Gasteiger partial charge in [-0.2, -0.15) is 8.61 Å². The van der Waals surface area contributed by atoms with Crippen molar-refractivity contribution in [3.05, 3.63) is 186 Å². The van der Waals surface area contributed by atoms with Gasteiger partial charge in [-0.05, 0) is 103 Å². The molecule has 0 spiro atoms. The summed E-state index contributed by atoms with van der Waals surface area (Å²) in [7, 11) is -8.52. The van der Waals surface area contributed by atoms with Gasteiger partial charge in [0, 0.05) is 49.3 Å². The number of halogens is 6. The zero-order valence-corrected chi connectivity index (χ0v) is 40.8. The van der Waals surface area contributed by atoms with E-state index >= 15 is 0 Å². The second-order valence-electron chi connectivity index (χ2n) is 16.0. The highest BCUT2D eigenvalue weighted by Crippen LogP contribution is 2.38. The number of hydrogen-bond acceptors (Lipinski definition) is 9. The van der Waals surface area contributed by atoms with Crippen molar-refractivity contribution < 1.29 is 45.4 Å². The molecule has 0 aromatic heterocycles. The zero-order valence-electron chi connectivity index (χ0n) is 36.2. The Balaban J connectivity index is 0.000000256. The van der Waals surface area contributed by atoms with Gasteiger partial charge in [0.2, 0.25) is 20.0 Å². The first-order valence-electron chi connectivity index (χ1n) is 20.1. The smallest absolute Gasteiger partial charge is 0.407 e. The van der Waals surface area contributed by atoms with E-state index < -0.39 is 64.7 Å². The van der Waals surface area contributed by atoms with Gasteiger partial charge in [0.1, 0.15) is 27.0 Å². The monoisotopic (exact) mass is 1040 g/mol. The second kappa shape index (κ2) is 22.9. The number of amides is 1. The average Bonchev–Trinajstić information content (AvgIpc) is 3.26. The lowest BCUT2D eigenvalue weighted by Crippen LogP contribution is -2.32. The summed E-state index contributed by atoms with van der Waals surface area (Å²) in [6.07, 6.45) is -0.577. The number of nitrogens with zero attached hydrogens (tertiary/aromatic N) is 2. The molecule has 0 saturated heterocycles. The highest BCUT2D eigenvalue weighted by Gasteiger charge is 2.31. The molecule has 1 amide bonds. The molecule has 0 aliphatic carbocycles. The molecule has 0 radical (unpaired) electrons. The molecule has 356 valence electrons. The van der Waals surface area contributed by atoms with E-state index in [4.69, 9.17) is 56.9 Å². The summed E-state index contributed by atoms with van der Waals surface area (Å²) in [6.45, 7) is 5.48. The van der Waals surface area contributed by atoms with Gasteiger partial charge in [0.05, 0.1) is 10.0 Å². The van der Waals surface area contributed by atoms with Crippen LogP contribution in [0.4, 0.5) is 13.6 Å². The largest absolute Gasteiger partial charge is 0.505 e. The highest BCUT2D eigenvalue weighted by atomic mass is 35.5. The molecule has 6 rings (SSSR count). The van der Waals surface area contributed by atoms with Gasteiger partial charge in [0.15, 0.2) is 11.5 Å². The lowest BCUT2D eigenvalue weighted by Gasteiger charge is -2.24. The van der Waals surface area contributed by atoms with Crippen molar-refractivity contribution in [3.63, 3.8) is 0 Å². The molecule has 0 heterocycles. The van der Waals surface area contributed by atoms with Crippen LogP contribution in [0, 0.1) is 11.6 Å². The SMILES string of the molecule is CC(C)(C)OC(=O)NCc1cccc(CN(Cc2ccc(F)cc2)S(=O)(=O)c2cc(Cl)cc(Cl)c2O)c1.NCc1cccc(CN(Cc2ccc(F)cc2)S(=O)(=O)c2cc(Cl)cc(Cl)c2O)c1. The molecule has 0 aliphatic heterocycles. The average molecular weight is 1040 g/mol. The summed E-state index contributed by atoms with van der Waals surface area (Å²) < 4.78 is 88.5. The third-order valence-corrected chi connectivity index (χ3v) is 14.2. The standard InChI is InChI=1S/C26H27Cl2FN2O5S.C21H19Cl2FN2O3S/c1-26(2,3)36-25(33)30-14-18-5-4-6-19(11-18)16-31(15-17-7-9-21(29)10-8-17)37(34,35)23-13-20(27)12-22(28)24(23)32;22-17-9-19(23)21(27)20(10-17)30(28,29)26(12-14-4-6-18(24)7-5-14)13-16-3-1-2-15(8-16)11-25/h4-13,32H,14-16H2,1-3H3,(H,30,33);1-10,27H,11-13,25H2. The van der Waals surface area contributed by atoms with E-state index in [0.29, 0.717) is 28.8 Å². The molecule has 5 N–H and O–H groups in total. The Morgan fingerprint density at radius 3 is 1.37 bits per heavy atom. The van der Waals surface area contributed by atoms with Crippen molar-refractivity contribution in [2.45, 2.75) is 75.4 Å². The number of ether oxygens (including phenoxy) is 1. The van der Waals surface area contributed by atoms with E-state index in [2.05, 4.69) is 5.32 Å². The van der Waals surface area contributed by atoms with Crippen molar-refractivity contribution in [2.75, 3.05) is 0 Å². The lowest BCUT2D eigenvalue weighted by atomic mass is 10.1. The third-order valence-electron chi connectivity index (χ3n) is 9.54. The highest BCUT2D eigenvalue weighted by molar-refractivity contribution is 7.89. The Bertz CT molecular complexity index is 2930. The van der Waals surface area contributed by atoms with Crippen LogP contribution < -0.4 is 11.1 Å². The Labute approximate surface area is 408 Å². The molecule has 12 nitrogen and oxygen atoms in total. The number of nitrogens with one attached hydrogen (secondary N) is 1. The summed E-state index contributed by atoms with van der Waals surface area (Å²) in [5, 5.41) is 23.1. The minimum atomic E-state index is -4.31. The van der Waals surface area contributed by atoms with Gasteiger partial charge in [-0.1, -0.05) is 119 Å². The summed E-state index contributed by atoms with van der Waals surface area (Å²) in [6, 6.07) is 29.9. The minimum absolute atomic E-state index is 0.00286. The maximum Gasteiger partial charge on any atom is 0.407 e. The first kappa shape index (κ1) is 53.0. The Kier molecular flexibility index (Phi) is 18.1. The molecule has 0 aliphatic rings. The molecule has 20 heteroatoms. The fourth-order valence-electron chi connectivity index (χ4n) is 6.38. The minimum Gasteiger partial charge on any atom is -0.505 e. The fraction of sp³-hybridized carbons (Fsp3) is 0.213. The van der Waals surface area contributed by atoms with Crippen LogP contribution in [0.5, 0.6) is 11.5 Å². The van der Waals surface area contributed by atoms with E-state index in [-0.39, 0.29) is 52.8 Å². The Hall–Kier alpha value is -5.01. The molecular formula is C47H46Cl4F2N4O8S2. The summed E-state index contributed by atoms with van der Waals surface area (Å²) >= 11 is 23.9. The van der Waals surface area contributed by atoms with Crippen LogP contribution in [0.3, 0.4) is 0 Å². The van der Waals surface area contributed by atoms with Crippen molar-refractivity contribution in [1.82, 2.24) is 13.9 Å². The van der Waals surface area contributed by atoms with E-state index in [1.165, 1.54) is 60.7 Å². The number of rotatable bonds is 15. The van der Waals surface area contributed by atoms with E-state index in [1.54, 1.807) is 63.2 Å². The lowest BCUT2D eigenvalue weighted by molar-refractivity contribution is 0.0523. The first-order valence-corrected chi connectivity index (χ1v) is 24.5. The summed E-state index contributed by atoms with van der Waals surface area (Å²) in [4.78, 5) is 11.1. The number of nitrogens with two attached hydrogens (primary N) is 1. The number of carbonyl (C=O) groups is 1. The van der Waals surface area contributed by atoms with E-state index in [0.717, 1.165) is 31.9 Å². The first-order chi connectivity index (χ1) is 31.4. The maximum atomic E-state index is 13.7. The van der Waals surface area contributed by atoms with Crippen molar-refractivity contribution >= 4 is 72.5 Å². The Morgan fingerprint density at radius 2 is 0.970 bits per heavy atom. The van der Waals surface area contributed by atoms with E-state index in [1.807, 2.05) is 6.07 Å². The Morgan fingerprint density at radius 1 is 0.597 bits per heavy atom. The van der Waals surface area contributed by atoms with Gasteiger partial charge < -0.3 is 26.0 Å². The van der Waals surface area contributed by atoms with Gasteiger partial charge in [0.25, 0.3) is 0 Å². The normalized spacial score (nSPS) is 11.9. The molecule has 0 atom stereocenters. The van der Waals surface area contributed by atoms with Crippen LogP contribution in [0.2, 0.25) is 20.1 Å². The number of benzene rings is 6. The second-order valence-corrected chi connectivity index (χ2v) is 21.5. The van der Waals surface area contributed by atoms with Crippen molar-refractivity contribution in [3.8, 4) is 11.5 Å². The molecule has 6 aromatic carbocycles. The molecule has 6 aromatic rings. The number of aromatic hydroxyl groups is 2. The number of phenolic OH excluding ortho intramolecular Hbond substituents is 2. The predicted molar refractivity (Wildman–Crippen MR) is 256 cm³/mol. The van der Waals surface area contributed by atoms with Crippen LogP contribution in [-0.4, -0.2) is 47.4 Å². The van der Waals surface area contributed by atoms with Crippen LogP contribution >= 0.6 is 46.4 Å².